The molecule has 2 unspecified atom stereocenters. The van der Waals surface area contributed by atoms with Crippen LogP contribution in [0.15, 0.2) is 18.2 Å². The molecule has 0 saturated carbocycles. The minimum atomic E-state index is -0.497. The first-order valence-corrected chi connectivity index (χ1v) is 6.56. The first-order valence-electron chi connectivity index (χ1n) is 6.56. The molecule has 2 atom stereocenters. The third-order valence-electron chi connectivity index (χ3n) is 4.02. The summed E-state index contributed by atoms with van der Waals surface area (Å²) in [6, 6.07) is 4.87. The maximum Gasteiger partial charge on any atom is 0.251 e. The van der Waals surface area contributed by atoms with Gasteiger partial charge in [-0.3, -0.25) is 4.79 Å². The summed E-state index contributed by atoms with van der Waals surface area (Å²) in [5, 5.41) is 22.2. The predicted octanol–water partition coefficient (Wildman–Crippen LogP) is 2.23. The molecule has 0 aliphatic carbocycles. The van der Waals surface area contributed by atoms with E-state index in [-0.39, 0.29) is 17.1 Å². The predicted molar refractivity (Wildman–Crippen MR) is 75.3 cm³/mol. The van der Waals surface area contributed by atoms with E-state index >= 15 is 0 Å². The lowest BCUT2D eigenvalue weighted by Gasteiger charge is -2.31. The topological polar surface area (TPSA) is 69.6 Å². The minimum absolute atomic E-state index is 0.112. The number of hydrogen-bond donors (Lipinski definition) is 3. The van der Waals surface area contributed by atoms with Crippen molar-refractivity contribution >= 4 is 5.91 Å². The van der Waals surface area contributed by atoms with E-state index in [0.717, 1.165) is 6.42 Å². The van der Waals surface area contributed by atoms with Crippen LogP contribution in [0.25, 0.3) is 0 Å². The molecule has 0 heterocycles. The molecular formula is C15H23NO3. The highest BCUT2D eigenvalue weighted by Crippen LogP contribution is 2.25. The summed E-state index contributed by atoms with van der Waals surface area (Å²) < 4.78 is 0. The number of carbonyl (C=O) groups excluding carboxylic acids is 1. The summed E-state index contributed by atoms with van der Waals surface area (Å²) in [6.45, 7) is 7.76. The number of phenolic OH excluding ortho intramolecular Hbond substituents is 1. The van der Waals surface area contributed by atoms with Gasteiger partial charge in [-0.15, -0.1) is 0 Å². The van der Waals surface area contributed by atoms with E-state index in [9.17, 15) is 15.0 Å². The number of aliphatic hydroxyl groups is 1. The lowest BCUT2D eigenvalue weighted by atomic mass is 9.82. The zero-order valence-electron chi connectivity index (χ0n) is 12.0. The van der Waals surface area contributed by atoms with Gasteiger partial charge in [-0.05, 0) is 32.4 Å². The van der Waals surface area contributed by atoms with Crippen molar-refractivity contribution < 1.29 is 15.0 Å². The molecular weight excluding hydrogens is 242 g/mol. The number of aromatic hydroxyl groups is 1. The number of phenols is 1. The van der Waals surface area contributed by atoms with Crippen molar-refractivity contribution in [3.8, 4) is 5.75 Å². The van der Waals surface area contributed by atoms with Gasteiger partial charge in [0.2, 0.25) is 0 Å². The number of hydrogen-bond acceptors (Lipinski definition) is 3. The van der Waals surface area contributed by atoms with Crippen molar-refractivity contribution in [1.29, 1.82) is 0 Å². The third kappa shape index (κ3) is 3.47. The van der Waals surface area contributed by atoms with Crippen LogP contribution in [0.1, 0.15) is 43.1 Å². The van der Waals surface area contributed by atoms with Crippen molar-refractivity contribution in [2.75, 3.05) is 6.54 Å². The van der Waals surface area contributed by atoms with E-state index in [4.69, 9.17) is 0 Å². The molecule has 0 bridgehead atoms. The quantitative estimate of drug-likeness (QED) is 0.764. The molecule has 0 saturated heterocycles. The largest absolute Gasteiger partial charge is 0.508 e. The molecule has 0 aliphatic rings. The van der Waals surface area contributed by atoms with Gasteiger partial charge in [0.15, 0.2) is 0 Å². The van der Waals surface area contributed by atoms with E-state index < -0.39 is 6.10 Å². The summed E-state index contributed by atoms with van der Waals surface area (Å²) in [4.78, 5) is 12.1. The Hall–Kier alpha value is -1.55. The number of benzene rings is 1. The van der Waals surface area contributed by atoms with Gasteiger partial charge in [0.05, 0.1) is 6.10 Å². The van der Waals surface area contributed by atoms with Crippen molar-refractivity contribution in [2.45, 2.75) is 40.2 Å². The summed E-state index contributed by atoms with van der Waals surface area (Å²) >= 11 is 0. The molecule has 0 aliphatic heterocycles. The highest BCUT2D eigenvalue weighted by atomic mass is 16.3. The van der Waals surface area contributed by atoms with Gasteiger partial charge in [-0.1, -0.05) is 19.9 Å². The zero-order chi connectivity index (χ0) is 14.6. The van der Waals surface area contributed by atoms with Gasteiger partial charge in [0.25, 0.3) is 5.91 Å². The Morgan fingerprint density at radius 2 is 2.11 bits per heavy atom. The molecule has 106 valence electrons. The summed E-state index contributed by atoms with van der Waals surface area (Å²) in [5.41, 5.74) is 0.680. The van der Waals surface area contributed by atoms with E-state index in [2.05, 4.69) is 5.32 Å². The van der Waals surface area contributed by atoms with Gasteiger partial charge in [-0.25, -0.2) is 0 Å². The molecule has 0 aromatic heterocycles. The highest BCUT2D eigenvalue weighted by Gasteiger charge is 2.28. The maximum atomic E-state index is 12.1. The van der Waals surface area contributed by atoms with Gasteiger partial charge in [0, 0.05) is 23.1 Å². The van der Waals surface area contributed by atoms with Crippen molar-refractivity contribution in [2.24, 2.45) is 5.41 Å². The van der Waals surface area contributed by atoms with Crippen LogP contribution in [0, 0.1) is 12.3 Å². The Morgan fingerprint density at radius 1 is 1.47 bits per heavy atom. The molecule has 1 rings (SSSR count). The molecule has 4 nitrogen and oxygen atoms in total. The first kappa shape index (κ1) is 15.5. The first-order chi connectivity index (χ1) is 8.81. The number of rotatable bonds is 5. The fourth-order valence-electron chi connectivity index (χ4n) is 1.81. The van der Waals surface area contributed by atoms with E-state index in [1.165, 1.54) is 0 Å². The second-order valence-electron chi connectivity index (χ2n) is 5.32. The van der Waals surface area contributed by atoms with Crippen LogP contribution < -0.4 is 5.32 Å². The van der Waals surface area contributed by atoms with Crippen LogP contribution in [-0.2, 0) is 0 Å². The van der Waals surface area contributed by atoms with Crippen molar-refractivity contribution in [1.82, 2.24) is 5.32 Å². The third-order valence-corrected chi connectivity index (χ3v) is 4.02. The standard InChI is InChI=1S/C15H23NO3/c1-5-15(4,11(3)17)9-16-14(19)12-7-6-8-13(18)10(12)2/h6-8,11,17-18H,5,9H2,1-4H3,(H,16,19). The fourth-order valence-corrected chi connectivity index (χ4v) is 1.81. The average molecular weight is 265 g/mol. The van der Waals surface area contributed by atoms with Gasteiger partial charge >= 0.3 is 0 Å². The van der Waals surface area contributed by atoms with Crippen LogP contribution in [0.4, 0.5) is 0 Å². The fraction of sp³-hybridized carbons (Fsp3) is 0.533. The molecule has 4 heteroatoms. The van der Waals surface area contributed by atoms with Crippen LogP contribution in [-0.4, -0.2) is 28.8 Å². The van der Waals surface area contributed by atoms with Crippen LogP contribution in [0.2, 0.25) is 0 Å². The van der Waals surface area contributed by atoms with Crippen molar-refractivity contribution in [3.63, 3.8) is 0 Å². The lowest BCUT2D eigenvalue weighted by Crippen LogP contribution is -2.42. The molecule has 1 aromatic carbocycles. The van der Waals surface area contributed by atoms with Crippen LogP contribution >= 0.6 is 0 Å². The van der Waals surface area contributed by atoms with E-state index in [0.29, 0.717) is 17.7 Å². The molecule has 0 fully saturated rings. The summed E-state index contributed by atoms with van der Waals surface area (Å²) in [5.74, 6) is -0.116. The Bertz CT molecular complexity index is 457. The monoisotopic (exact) mass is 265 g/mol. The highest BCUT2D eigenvalue weighted by molar-refractivity contribution is 5.96. The lowest BCUT2D eigenvalue weighted by molar-refractivity contribution is 0.0473. The van der Waals surface area contributed by atoms with Gasteiger partial charge in [0.1, 0.15) is 5.75 Å². The second-order valence-corrected chi connectivity index (χ2v) is 5.32. The molecule has 1 amide bonds. The van der Waals surface area contributed by atoms with Crippen molar-refractivity contribution in [3.05, 3.63) is 29.3 Å². The van der Waals surface area contributed by atoms with Gasteiger partial charge < -0.3 is 15.5 Å². The zero-order valence-corrected chi connectivity index (χ0v) is 12.0. The SMILES string of the molecule is CCC(C)(CNC(=O)c1cccc(O)c1C)C(C)O. The minimum Gasteiger partial charge on any atom is -0.508 e. The molecule has 3 N–H and O–H groups in total. The Morgan fingerprint density at radius 3 is 2.63 bits per heavy atom. The Kier molecular flexibility index (Phi) is 4.95. The maximum absolute atomic E-state index is 12.1. The number of nitrogens with one attached hydrogen (secondary N) is 1. The van der Waals surface area contributed by atoms with Crippen LogP contribution in [0.3, 0.4) is 0 Å². The number of amides is 1. The Balaban J connectivity index is 2.78. The smallest absolute Gasteiger partial charge is 0.251 e. The Labute approximate surface area is 114 Å². The molecule has 19 heavy (non-hydrogen) atoms. The number of aliphatic hydroxyl groups excluding tert-OH is 1. The van der Waals surface area contributed by atoms with E-state index in [1.54, 1.807) is 32.0 Å². The molecule has 1 aromatic rings. The van der Waals surface area contributed by atoms with Crippen LogP contribution in [0.5, 0.6) is 5.75 Å². The molecule has 0 radical (unpaired) electrons. The summed E-state index contributed by atoms with van der Waals surface area (Å²) in [7, 11) is 0. The molecule has 0 spiro atoms. The average Bonchev–Trinajstić information content (AvgIpc) is 2.38. The summed E-state index contributed by atoms with van der Waals surface area (Å²) in [6.07, 6.45) is 0.271. The van der Waals surface area contributed by atoms with E-state index in [1.807, 2.05) is 13.8 Å². The normalized spacial score (nSPS) is 15.6. The van der Waals surface area contributed by atoms with Gasteiger partial charge in [-0.2, -0.15) is 0 Å². The number of carbonyl (C=O) groups is 1. The second kappa shape index (κ2) is 6.06.